The van der Waals surface area contributed by atoms with Gasteiger partial charge in [0.15, 0.2) is 15.5 Å². The predicted octanol–water partition coefficient (Wildman–Crippen LogP) is 5.26. The fourth-order valence-corrected chi connectivity index (χ4v) is 4.28. The zero-order valence-corrected chi connectivity index (χ0v) is 17.2. The van der Waals surface area contributed by atoms with Crippen LogP contribution in [0.25, 0.3) is 27.4 Å². The van der Waals surface area contributed by atoms with E-state index in [0.717, 1.165) is 10.9 Å². The summed E-state index contributed by atoms with van der Waals surface area (Å²) in [6.07, 6.45) is -3.63. The van der Waals surface area contributed by atoms with Gasteiger partial charge >= 0.3 is 6.18 Å². The highest BCUT2D eigenvalue weighted by Gasteiger charge is 2.37. The van der Waals surface area contributed by atoms with E-state index >= 15 is 0 Å². The second-order valence-electron chi connectivity index (χ2n) is 6.66. The van der Waals surface area contributed by atoms with E-state index in [4.69, 9.17) is 16.3 Å². The molecule has 0 N–H and O–H groups in total. The average Bonchev–Trinajstić information content (AvgIpc) is 3.08. The summed E-state index contributed by atoms with van der Waals surface area (Å²) in [4.78, 5) is 0.0522. The maximum Gasteiger partial charge on any atom is 0.435 e. The molecular weight excluding hydrogens is 441 g/mol. The average molecular weight is 455 g/mol. The number of ether oxygens (including phenoxy) is 1. The molecule has 0 spiro atoms. The van der Waals surface area contributed by atoms with Crippen LogP contribution in [0.5, 0.6) is 5.75 Å². The molecule has 0 bridgehead atoms. The molecular formula is C20H14ClF3N2O3S. The zero-order valence-electron chi connectivity index (χ0n) is 15.7. The van der Waals surface area contributed by atoms with Crippen LogP contribution in [0, 0.1) is 0 Å². The molecule has 5 nitrogen and oxygen atoms in total. The first-order valence-corrected chi connectivity index (χ1v) is 10.8. The number of alkyl halides is 3. The first kappa shape index (κ1) is 20.5. The number of hydrogen-bond acceptors (Lipinski definition) is 4. The molecule has 0 fully saturated rings. The van der Waals surface area contributed by atoms with Crippen LogP contribution in [0.15, 0.2) is 53.4 Å². The van der Waals surface area contributed by atoms with Gasteiger partial charge in [-0.2, -0.15) is 18.3 Å². The summed E-state index contributed by atoms with van der Waals surface area (Å²) >= 11 is 6.36. The van der Waals surface area contributed by atoms with Crippen molar-refractivity contribution >= 4 is 43.1 Å². The van der Waals surface area contributed by atoms with Gasteiger partial charge in [0.1, 0.15) is 5.75 Å². The summed E-state index contributed by atoms with van der Waals surface area (Å²) in [6, 6.07) is 11.5. The van der Waals surface area contributed by atoms with Crippen LogP contribution >= 0.6 is 11.6 Å². The minimum atomic E-state index is -4.68. The highest BCUT2D eigenvalue weighted by molar-refractivity contribution is 7.90. The van der Waals surface area contributed by atoms with Crippen molar-refractivity contribution in [2.45, 2.75) is 11.1 Å². The third-order valence-electron chi connectivity index (χ3n) is 4.74. The molecule has 0 saturated heterocycles. The second-order valence-corrected chi connectivity index (χ2v) is 9.06. The molecule has 30 heavy (non-hydrogen) atoms. The fraction of sp³-hybridized carbons (Fsp3) is 0.150. The third-order valence-corrected chi connectivity index (χ3v) is 6.25. The van der Waals surface area contributed by atoms with Crippen molar-refractivity contribution in [3.05, 3.63) is 59.2 Å². The van der Waals surface area contributed by atoms with E-state index in [1.54, 1.807) is 12.1 Å². The molecule has 0 amide bonds. The van der Waals surface area contributed by atoms with Crippen LogP contribution in [0.1, 0.15) is 5.69 Å². The lowest BCUT2D eigenvalue weighted by Crippen LogP contribution is -2.07. The third kappa shape index (κ3) is 3.27. The Morgan fingerprint density at radius 3 is 2.13 bits per heavy atom. The smallest absolute Gasteiger partial charge is 0.435 e. The number of benzene rings is 3. The van der Waals surface area contributed by atoms with E-state index in [2.05, 4.69) is 5.10 Å². The van der Waals surface area contributed by atoms with Crippen molar-refractivity contribution in [1.29, 1.82) is 0 Å². The van der Waals surface area contributed by atoms with Crippen LogP contribution in [0.2, 0.25) is 5.02 Å². The van der Waals surface area contributed by atoms with Gasteiger partial charge < -0.3 is 4.74 Å². The Morgan fingerprint density at radius 2 is 1.57 bits per heavy atom. The summed E-state index contributed by atoms with van der Waals surface area (Å²) in [5.74, 6) is 0.392. The van der Waals surface area contributed by atoms with Crippen LogP contribution < -0.4 is 4.74 Å². The number of fused-ring (bicyclic) bond motifs is 3. The second kappa shape index (κ2) is 6.88. The number of aromatic nitrogens is 2. The van der Waals surface area contributed by atoms with Gasteiger partial charge in [-0.05, 0) is 42.5 Å². The summed E-state index contributed by atoms with van der Waals surface area (Å²) in [6.45, 7) is 0. The zero-order chi connectivity index (χ0) is 21.8. The Balaban J connectivity index is 2.09. The SMILES string of the molecule is COc1ccc2c(ccc3c(C(F)(F)F)nn(-c4ccc(S(C)(=O)=O)cc4)c32)c1Cl. The van der Waals surface area contributed by atoms with Crippen LogP contribution in [-0.2, 0) is 16.0 Å². The molecule has 1 heterocycles. The molecule has 3 aromatic carbocycles. The summed E-state index contributed by atoms with van der Waals surface area (Å²) in [5, 5.41) is 4.95. The fourth-order valence-electron chi connectivity index (χ4n) is 3.34. The van der Waals surface area contributed by atoms with E-state index in [0.29, 0.717) is 16.5 Å². The first-order chi connectivity index (χ1) is 14.0. The molecule has 1 aromatic heterocycles. The molecule has 0 aliphatic heterocycles. The van der Waals surface area contributed by atoms with Gasteiger partial charge in [0, 0.05) is 22.4 Å². The molecule has 0 atom stereocenters. The highest BCUT2D eigenvalue weighted by atomic mass is 35.5. The monoisotopic (exact) mass is 454 g/mol. The number of hydrogen-bond donors (Lipinski definition) is 0. The molecule has 0 radical (unpaired) electrons. The van der Waals surface area contributed by atoms with Gasteiger partial charge in [-0.3, -0.25) is 0 Å². The Kier molecular flexibility index (Phi) is 4.70. The maximum atomic E-state index is 13.7. The lowest BCUT2D eigenvalue weighted by Gasteiger charge is -2.10. The lowest BCUT2D eigenvalue weighted by atomic mass is 10.1. The van der Waals surface area contributed by atoms with E-state index in [1.807, 2.05) is 0 Å². The summed E-state index contributed by atoms with van der Waals surface area (Å²) in [7, 11) is -2.01. The van der Waals surface area contributed by atoms with Crippen molar-refractivity contribution in [3.63, 3.8) is 0 Å². The quantitative estimate of drug-likeness (QED) is 0.423. The normalized spacial score (nSPS) is 12.6. The molecule has 0 unspecified atom stereocenters. The molecule has 4 rings (SSSR count). The highest BCUT2D eigenvalue weighted by Crippen LogP contribution is 2.41. The van der Waals surface area contributed by atoms with Crippen molar-refractivity contribution in [1.82, 2.24) is 9.78 Å². The minimum Gasteiger partial charge on any atom is -0.495 e. The van der Waals surface area contributed by atoms with Gasteiger partial charge in [0.05, 0.1) is 28.2 Å². The summed E-state index contributed by atoms with van der Waals surface area (Å²) in [5.41, 5.74) is -0.558. The molecule has 0 aliphatic carbocycles. The van der Waals surface area contributed by atoms with E-state index in [1.165, 1.54) is 43.5 Å². The molecule has 156 valence electrons. The van der Waals surface area contributed by atoms with E-state index < -0.39 is 21.7 Å². The van der Waals surface area contributed by atoms with Crippen molar-refractivity contribution in [2.24, 2.45) is 0 Å². The van der Waals surface area contributed by atoms with E-state index in [-0.39, 0.29) is 26.5 Å². The van der Waals surface area contributed by atoms with Crippen LogP contribution in [-0.4, -0.2) is 31.6 Å². The van der Waals surface area contributed by atoms with Crippen LogP contribution in [0.3, 0.4) is 0 Å². The van der Waals surface area contributed by atoms with Crippen molar-refractivity contribution < 1.29 is 26.3 Å². The minimum absolute atomic E-state index is 0.0522. The van der Waals surface area contributed by atoms with Crippen molar-refractivity contribution in [3.8, 4) is 11.4 Å². The Bertz CT molecular complexity index is 1400. The largest absolute Gasteiger partial charge is 0.495 e. The van der Waals surface area contributed by atoms with Gasteiger partial charge in [-0.15, -0.1) is 0 Å². The van der Waals surface area contributed by atoms with E-state index in [9.17, 15) is 21.6 Å². The van der Waals surface area contributed by atoms with Gasteiger partial charge in [-0.1, -0.05) is 17.7 Å². The van der Waals surface area contributed by atoms with Crippen molar-refractivity contribution in [2.75, 3.05) is 13.4 Å². The summed E-state index contributed by atoms with van der Waals surface area (Å²) < 4.78 is 70.7. The van der Waals surface area contributed by atoms with Gasteiger partial charge in [0.2, 0.25) is 0 Å². The number of nitrogens with zero attached hydrogens (tertiary/aromatic N) is 2. The Hall–Kier alpha value is -2.78. The van der Waals surface area contributed by atoms with Gasteiger partial charge in [0.25, 0.3) is 0 Å². The molecule has 4 aromatic rings. The standard InChI is InChI=1S/C20H14ClF3N2O3S/c1-29-16-10-9-14-13(17(16)21)7-8-15-18(14)26(25-19(15)20(22,23)24)11-3-5-12(6-4-11)30(2,27)28/h3-10H,1-2H3. The topological polar surface area (TPSA) is 61.2 Å². The number of rotatable bonds is 3. The first-order valence-electron chi connectivity index (χ1n) is 8.58. The number of halogens is 4. The van der Waals surface area contributed by atoms with Gasteiger partial charge in [-0.25, -0.2) is 13.1 Å². The Labute approximate surface area is 174 Å². The Morgan fingerprint density at radius 1 is 0.967 bits per heavy atom. The number of methoxy groups -OCH3 is 1. The lowest BCUT2D eigenvalue weighted by molar-refractivity contribution is -0.140. The number of sulfone groups is 1. The molecule has 0 saturated carbocycles. The predicted molar refractivity (Wildman–Crippen MR) is 108 cm³/mol. The molecule has 0 aliphatic rings. The maximum absolute atomic E-state index is 13.7. The van der Waals surface area contributed by atoms with Crippen LogP contribution in [0.4, 0.5) is 13.2 Å². The molecule has 10 heteroatoms.